The first-order valence-corrected chi connectivity index (χ1v) is 8.68. The minimum absolute atomic E-state index is 0.0901. The molecule has 0 spiro atoms. The molecule has 1 fully saturated rings. The predicted octanol–water partition coefficient (Wildman–Crippen LogP) is 4.15. The first-order chi connectivity index (χ1) is 12.5. The summed E-state index contributed by atoms with van der Waals surface area (Å²) in [7, 11) is 0. The SMILES string of the molecule is CCN(C(=O)c1ccc(N2CCCCC2=O)cc1)c1ccc(F)c(F)c1. The molecule has 0 saturated carbocycles. The summed E-state index contributed by atoms with van der Waals surface area (Å²) in [5.74, 6) is -2.16. The van der Waals surface area contributed by atoms with Crippen LogP contribution >= 0.6 is 0 Å². The summed E-state index contributed by atoms with van der Waals surface area (Å²) in [6.07, 6.45) is 2.41. The van der Waals surface area contributed by atoms with E-state index in [0.717, 1.165) is 30.7 Å². The number of hydrogen-bond donors (Lipinski definition) is 0. The molecule has 0 bridgehead atoms. The van der Waals surface area contributed by atoms with Gasteiger partial charge in [-0.1, -0.05) is 0 Å². The maximum atomic E-state index is 13.5. The minimum atomic E-state index is -0.993. The molecule has 0 N–H and O–H groups in total. The van der Waals surface area contributed by atoms with E-state index in [4.69, 9.17) is 0 Å². The summed E-state index contributed by atoms with van der Waals surface area (Å²) in [4.78, 5) is 27.9. The topological polar surface area (TPSA) is 40.6 Å². The lowest BCUT2D eigenvalue weighted by Crippen LogP contribution is -2.35. The zero-order valence-electron chi connectivity index (χ0n) is 14.5. The van der Waals surface area contributed by atoms with Crippen LogP contribution in [0.15, 0.2) is 42.5 Å². The molecule has 1 aliphatic heterocycles. The van der Waals surface area contributed by atoms with E-state index in [9.17, 15) is 18.4 Å². The smallest absolute Gasteiger partial charge is 0.258 e. The van der Waals surface area contributed by atoms with Gasteiger partial charge in [-0.25, -0.2) is 8.78 Å². The fourth-order valence-electron chi connectivity index (χ4n) is 3.12. The standard InChI is InChI=1S/C20H20F2N2O2/c1-2-23(16-10-11-17(21)18(22)13-16)20(26)14-6-8-15(9-7-14)24-12-4-3-5-19(24)25/h6-11,13H,2-5,12H2,1H3. The Morgan fingerprint density at radius 1 is 1.08 bits per heavy atom. The van der Waals surface area contributed by atoms with Crippen LogP contribution in [0.5, 0.6) is 0 Å². The first-order valence-electron chi connectivity index (χ1n) is 8.68. The number of nitrogens with zero attached hydrogens (tertiary/aromatic N) is 2. The average Bonchev–Trinajstić information content (AvgIpc) is 2.65. The molecule has 1 aliphatic rings. The lowest BCUT2D eigenvalue weighted by Gasteiger charge is -2.27. The molecule has 0 aliphatic carbocycles. The summed E-state index contributed by atoms with van der Waals surface area (Å²) in [5, 5.41) is 0. The highest BCUT2D eigenvalue weighted by Crippen LogP contribution is 2.24. The molecule has 1 heterocycles. The fourth-order valence-corrected chi connectivity index (χ4v) is 3.12. The third-order valence-electron chi connectivity index (χ3n) is 4.53. The van der Waals surface area contributed by atoms with Crippen molar-refractivity contribution in [3.05, 3.63) is 59.7 Å². The van der Waals surface area contributed by atoms with Crippen molar-refractivity contribution in [2.24, 2.45) is 0 Å². The quantitative estimate of drug-likeness (QED) is 0.824. The van der Waals surface area contributed by atoms with Crippen molar-refractivity contribution >= 4 is 23.2 Å². The Morgan fingerprint density at radius 3 is 2.42 bits per heavy atom. The first kappa shape index (κ1) is 18.0. The number of rotatable bonds is 4. The Morgan fingerprint density at radius 2 is 1.81 bits per heavy atom. The van der Waals surface area contributed by atoms with E-state index in [1.165, 1.54) is 11.0 Å². The van der Waals surface area contributed by atoms with Crippen molar-refractivity contribution in [1.29, 1.82) is 0 Å². The minimum Gasteiger partial charge on any atom is -0.312 e. The van der Waals surface area contributed by atoms with Crippen LogP contribution < -0.4 is 9.80 Å². The number of amides is 2. The van der Waals surface area contributed by atoms with Gasteiger partial charge in [0.05, 0.1) is 0 Å². The molecule has 2 aromatic carbocycles. The molecule has 136 valence electrons. The number of halogens is 2. The second-order valence-electron chi connectivity index (χ2n) is 6.20. The van der Waals surface area contributed by atoms with E-state index in [1.54, 1.807) is 36.1 Å². The molecular formula is C20H20F2N2O2. The van der Waals surface area contributed by atoms with Crippen LogP contribution in [-0.2, 0) is 4.79 Å². The van der Waals surface area contributed by atoms with Gasteiger partial charge in [-0.2, -0.15) is 0 Å². The molecule has 4 nitrogen and oxygen atoms in total. The highest BCUT2D eigenvalue weighted by Gasteiger charge is 2.21. The molecule has 2 amide bonds. The lowest BCUT2D eigenvalue weighted by atomic mass is 10.1. The molecule has 1 saturated heterocycles. The number of piperidine rings is 1. The van der Waals surface area contributed by atoms with Gasteiger partial charge >= 0.3 is 0 Å². The van der Waals surface area contributed by atoms with Crippen LogP contribution in [0.3, 0.4) is 0 Å². The summed E-state index contributed by atoms with van der Waals surface area (Å²) in [6, 6.07) is 10.2. The summed E-state index contributed by atoms with van der Waals surface area (Å²) in [6.45, 7) is 2.76. The van der Waals surface area contributed by atoms with E-state index in [2.05, 4.69) is 0 Å². The Hall–Kier alpha value is -2.76. The van der Waals surface area contributed by atoms with Crippen LogP contribution in [0.25, 0.3) is 0 Å². The van der Waals surface area contributed by atoms with Crippen molar-refractivity contribution in [3.63, 3.8) is 0 Å². The fraction of sp³-hybridized carbons (Fsp3) is 0.300. The Balaban J connectivity index is 1.81. The van der Waals surface area contributed by atoms with Gasteiger partial charge in [0.2, 0.25) is 5.91 Å². The highest BCUT2D eigenvalue weighted by atomic mass is 19.2. The lowest BCUT2D eigenvalue weighted by molar-refractivity contribution is -0.119. The largest absolute Gasteiger partial charge is 0.312 e. The zero-order chi connectivity index (χ0) is 18.7. The van der Waals surface area contributed by atoms with Gasteiger partial charge in [0, 0.05) is 42.5 Å². The van der Waals surface area contributed by atoms with E-state index < -0.39 is 11.6 Å². The summed E-state index contributed by atoms with van der Waals surface area (Å²) < 4.78 is 26.6. The van der Waals surface area contributed by atoms with Gasteiger partial charge in [0.1, 0.15) is 0 Å². The Kier molecular flexibility index (Phi) is 5.30. The van der Waals surface area contributed by atoms with E-state index in [1.807, 2.05) is 0 Å². The van der Waals surface area contributed by atoms with Crippen LogP contribution in [0.2, 0.25) is 0 Å². The second-order valence-corrected chi connectivity index (χ2v) is 6.20. The molecule has 0 atom stereocenters. The van der Waals surface area contributed by atoms with Crippen LogP contribution in [0.4, 0.5) is 20.2 Å². The van der Waals surface area contributed by atoms with Gasteiger partial charge < -0.3 is 9.80 Å². The monoisotopic (exact) mass is 358 g/mol. The van der Waals surface area contributed by atoms with Crippen LogP contribution in [0.1, 0.15) is 36.5 Å². The molecule has 3 rings (SSSR count). The molecular weight excluding hydrogens is 338 g/mol. The molecule has 2 aromatic rings. The number of carbonyl (C=O) groups is 2. The van der Waals surface area contributed by atoms with E-state index in [0.29, 0.717) is 30.8 Å². The van der Waals surface area contributed by atoms with Gasteiger partial charge in [-0.15, -0.1) is 0 Å². The maximum Gasteiger partial charge on any atom is 0.258 e. The molecule has 0 radical (unpaired) electrons. The van der Waals surface area contributed by atoms with Crippen molar-refractivity contribution in [2.75, 3.05) is 22.9 Å². The zero-order valence-corrected chi connectivity index (χ0v) is 14.5. The van der Waals surface area contributed by atoms with Gasteiger partial charge in [0.15, 0.2) is 11.6 Å². The molecule has 0 aromatic heterocycles. The Labute approximate surface area is 151 Å². The van der Waals surface area contributed by atoms with Crippen molar-refractivity contribution in [2.45, 2.75) is 26.2 Å². The maximum absolute atomic E-state index is 13.5. The number of anilines is 2. The van der Waals surface area contributed by atoms with Gasteiger partial charge in [0.25, 0.3) is 5.91 Å². The van der Waals surface area contributed by atoms with Crippen molar-refractivity contribution in [1.82, 2.24) is 0 Å². The molecule has 0 unspecified atom stereocenters. The highest BCUT2D eigenvalue weighted by molar-refractivity contribution is 6.06. The van der Waals surface area contributed by atoms with Crippen LogP contribution in [-0.4, -0.2) is 24.9 Å². The Bertz CT molecular complexity index is 821. The van der Waals surface area contributed by atoms with E-state index in [-0.39, 0.29) is 11.8 Å². The summed E-state index contributed by atoms with van der Waals surface area (Å²) >= 11 is 0. The third kappa shape index (κ3) is 3.59. The third-order valence-corrected chi connectivity index (χ3v) is 4.53. The van der Waals surface area contributed by atoms with E-state index >= 15 is 0 Å². The van der Waals surface area contributed by atoms with Crippen molar-refractivity contribution < 1.29 is 18.4 Å². The van der Waals surface area contributed by atoms with Gasteiger partial charge in [-0.3, -0.25) is 9.59 Å². The molecule has 26 heavy (non-hydrogen) atoms. The summed E-state index contributed by atoms with van der Waals surface area (Å²) in [5.41, 5.74) is 1.48. The van der Waals surface area contributed by atoms with Gasteiger partial charge in [-0.05, 0) is 56.2 Å². The number of carbonyl (C=O) groups excluding carboxylic acids is 2. The molecule has 6 heteroatoms. The second kappa shape index (κ2) is 7.64. The van der Waals surface area contributed by atoms with Crippen molar-refractivity contribution in [3.8, 4) is 0 Å². The number of hydrogen-bond acceptors (Lipinski definition) is 2. The predicted molar refractivity (Wildman–Crippen MR) is 96.4 cm³/mol. The number of benzene rings is 2. The van der Waals surface area contributed by atoms with Crippen LogP contribution in [0, 0.1) is 11.6 Å². The normalized spacial score (nSPS) is 14.4. The average molecular weight is 358 g/mol.